The van der Waals surface area contributed by atoms with E-state index in [4.69, 9.17) is 0 Å². The molecule has 1 N–H and O–H groups in total. The highest BCUT2D eigenvalue weighted by atomic mass is 32.1. The molecule has 0 fully saturated rings. The molecule has 1 aliphatic heterocycles. The van der Waals surface area contributed by atoms with Crippen LogP contribution in [-0.2, 0) is 23.3 Å². The summed E-state index contributed by atoms with van der Waals surface area (Å²) in [4.78, 5) is 26.8. The van der Waals surface area contributed by atoms with Crippen LogP contribution >= 0.6 is 20.6 Å². The third-order valence-electron chi connectivity index (χ3n) is 5.60. The van der Waals surface area contributed by atoms with Gasteiger partial charge < -0.3 is 10.2 Å². The van der Waals surface area contributed by atoms with Gasteiger partial charge >= 0.3 is 0 Å². The summed E-state index contributed by atoms with van der Waals surface area (Å²) in [6, 6.07) is 4.44. The topological polar surface area (TPSA) is 49.4 Å². The van der Waals surface area contributed by atoms with Crippen molar-refractivity contribution >= 4 is 38.0 Å². The normalized spacial score (nSPS) is 13.4. The number of amides is 1. The first-order chi connectivity index (χ1) is 17.4. The summed E-state index contributed by atoms with van der Waals surface area (Å²) in [6.45, 7) is 13.1. The SMILES string of the molecule is C=C1C=CC=CN1/C(=C\C)C(C)=O.CCCc1c(C(=O)Nc2cc(C)cc(C(F)(F)P)c2)csc1CC. The first-order valence-corrected chi connectivity index (χ1v) is 13.6. The Labute approximate surface area is 225 Å². The van der Waals surface area contributed by atoms with E-state index in [0.717, 1.165) is 30.5 Å². The monoisotopic (exact) mass is 544 g/mol. The molecule has 2 aromatic rings. The minimum atomic E-state index is -3.02. The van der Waals surface area contributed by atoms with Gasteiger partial charge in [-0.2, -0.15) is 8.78 Å². The van der Waals surface area contributed by atoms with Crippen LogP contribution in [0.4, 0.5) is 14.5 Å². The van der Waals surface area contributed by atoms with E-state index in [1.807, 2.05) is 36.7 Å². The van der Waals surface area contributed by atoms with E-state index in [2.05, 4.69) is 25.7 Å². The first-order valence-electron chi connectivity index (χ1n) is 12.1. The van der Waals surface area contributed by atoms with Crippen LogP contribution in [0.25, 0.3) is 0 Å². The molecule has 1 aromatic heterocycles. The number of aryl methyl sites for hydroxylation is 2. The number of halogens is 2. The highest BCUT2D eigenvalue weighted by Crippen LogP contribution is 2.36. The number of Topliss-reactive ketones (excluding diaryl/α,β-unsaturated/α-hetero) is 1. The minimum absolute atomic E-state index is 0.0450. The minimum Gasteiger partial charge on any atom is -0.322 e. The van der Waals surface area contributed by atoms with Gasteiger partial charge in [0.05, 0.1) is 11.3 Å². The molecule has 37 heavy (non-hydrogen) atoms. The molecule has 1 aromatic carbocycles. The van der Waals surface area contributed by atoms with E-state index >= 15 is 0 Å². The summed E-state index contributed by atoms with van der Waals surface area (Å²) < 4.78 is 27.1. The van der Waals surface area contributed by atoms with Crippen molar-refractivity contribution < 1.29 is 18.4 Å². The third-order valence-corrected chi connectivity index (χ3v) is 7.11. The van der Waals surface area contributed by atoms with Crippen LogP contribution in [0.3, 0.4) is 0 Å². The Morgan fingerprint density at radius 1 is 1.22 bits per heavy atom. The quantitative estimate of drug-likeness (QED) is 0.270. The number of rotatable bonds is 8. The average Bonchev–Trinajstić information content (AvgIpc) is 3.23. The largest absolute Gasteiger partial charge is 0.322 e. The number of carbonyl (C=O) groups is 2. The zero-order valence-electron chi connectivity index (χ0n) is 22.0. The number of alkyl halides is 2. The number of hydrogen-bond donors (Lipinski definition) is 1. The predicted molar refractivity (Wildman–Crippen MR) is 154 cm³/mol. The zero-order valence-corrected chi connectivity index (χ0v) is 24.0. The van der Waals surface area contributed by atoms with Gasteiger partial charge in [0.2, 0.25) is 0 Å². The number of nitrogens with one attached hydrogen (secondary N) is 1. The number of thiophene rings is 1. The molecule has 1 atom stereocenters. The fourth-order valence-electron chi connectivity index (χ4n) is 3.91. The molecule has 0 bridgehead atoms. The van der Waals surface area contributed by atoms with Gasteiger partial charge in [0.25, 0.3) is 11.6 Å². The predicted octanol–water partition coefficient (Wildman–Crippen LogP) is 8.13. The molecule has 1 amide bonds. The molecule has 8 heteroatoms. The van der Waals surface area contributed by atoms with Crippen LogP contribution in [0.5, 0.6) is 0 Å². The number of hydrogen-bond acceptors (Lipinski definition) is 4. The van der Waals surface area contributed by atoms with E-state index in [1.165, 1.54) is 26.2 Å². The van der Waals surface area contributed by atoms with Gasteiger partial charge in [-0.05, 0) is 68.2 Å². The van der Waals surface area contributed by atoms with E-state index in [-0.39, 0.29) is 17.3 Å². The van der Waals surface area contributed by atoms with Crippen molar-refractivity contribution in [3.05, 3.63) is 99.2 Å². The van der Waals surface area contributed by atoms with Gasteiger partial charge in [0.15, 0.2) is 5.78 Å². The second-order valence-corrected chi connectivity index (χ2v) is 10.3. The number of benzene rings is 1. The smallest absolute Gasteiger partial charge is 0.283 e. The van der Waals surface area contributed by atoms with Crippen molar-refractivity contribution in [2.45, 2.75) is 59.5 Å². The standard InChI is InChI=1S/C18H22F2NOPS.C11H13NO/c1-4-6-14-15(10-24-16(14)5-2)17(22)21-13-8-11(3)7-12(9-13)18(19,20)23;1-4-11(10(3)13)12-8-6-5-7-9(12)2/h7-10H,4-6,23H2,1-3H3,(H,21,22);4-8H,2H2,1,3H3/b;11-4-. The molecule has 2 heterocycles. The molecule has 0 spiro atoms. The summed E-state index contributed by atoms with van der Waals surface area (Å²) in [5, 5.41) is 4.63. The van der Waals surface area contributed by atoms with Crippen LogP contribution in [0, 0.1) is 6.92 Å². The van der Waals surface area contributed by atoms with Crippen LogP contribution in [0.15, 0.2) is 72.1 Å². The molecular formula is C29H35F2N2O2PS. The summed E-state index contributed by atoms with van der Waals surface area (Å²) in [5.74, 6) is -0.193. The van der Waals surface area contributed by atoms with Gasteiger partial charge in [0.1, 0.15) is 0 Å². The number of ketones is 1. The van der Waals surface area contributed by atoms with Crippen molar-refractivity contribution in [1.82, 2.24) is 4.90 Å². The molecule has 3 rings (SSSR count). The van der Waals surface area contributed by atoms with Gasteiger partial charge in [-0.25, -0.2) is 0 Å². The molecule has 0 radical (unpaired) electrons. The van der Waals surface area contributed by atoms with Crippen LogP contribution in [0.1, 0.15) is 66.0 Å². The highest BCUT2D eigenvalue weighted by Gasteiger charge is 2.25. The van der Waals surface area contributed by atoms with Crippen molar-refractivity contribution in [2.75, 3.05) is 5.32 Å². The van der Waals surface area contributed by atoms with Crippen molar-refractivity contribution in [3.63, 3.8) is 0 Å². The maximum atomic E-state index is 13.5. The third kappa shape index (κ3) is 8.31. The van der Waals surface area contributed by atoms with Crippen molar-refractivity contribution in [3.8, 4) is 0 Å². The lowest BCUT2D eigenvalue weighted by Gasteiger charge is -2.23. The van der Waals surface area contributed by atoms with Crippen LogP contribution in [-0.4, -0.2) is 16.6 Å². The maximum Gasteiger partial charge on any atom is 0.283 e. The van der Waals surface area contributed by atoms with Crippen LogP contribution < -0.4 is 5.32 Å². The number of anilines is 1. The first kappa shape index (κ1) is 30.3. The Hall–Kier alpha value is -2.89. The Balaban J connectivity index is 0.000000312. The molecule has 0 saturated carbocycles. The summed E-state index contributed by atoms with van der Waals surface area (Å²) in [5.41, 5.74) is 1.12. The van der Waals surface area contributed by atoms with Gasteiger partial charge in [-0.3, -0.25) is 9.59 Å². The molecule has 0 aliphatic carbocycles. The molecule has 0 saturated heterocycles. The number of nitrogens with zero attached hydrogens (tertiary/aromatic N) is 1. The van der Waals surface area contributed by atoms with Gasteiger partial charge in [-0.15, -0.1) is 11.3 Å². The zero-order chi connectivity index (χ0) is 27.8. The van der Waals surface area contributed by atoms with E-state index in [0.29, 0.717) is 22.5 Å². The van der Waals surface area contributed by atoms with E-state index in [1.54, 1.807) is 42.2 Å². The summed E-state index contributed by atoms with van der Waals surface area (Å²) >= 11 is 1.58. The second kappa shape index (κ2) is 13.6. The Bertz CT molecular complexity index is 1240. The molecular weight excluding hydrogens is 509 g/mol. The van der Waals surface area contributed by atoms with Crippen molar-refractivity contribution in [1.29, 1.82) is 0 Å². The molecule has 198 valence electrons. The lowest BCUT2D eigenvalue weighted by molar-refractivity contribution is -0.114. The lowest BCUT2D eigenvalue weighted by atomic mass is 10.0. The molecule has 1 unspecified atom stereocenters. The van der Waals surface area contributed by atoms with Gasteiger partial charge in [-0.1, -0.05) is 48.2 Å². The summed E-state index contributed by atoms with van der Waals surface area (Å²) in [7, 11) is 1.53. The molecule has 4 nitrogen and oxygen atoms in total. The molecule has 1 aliphatic rings. The second-order valence-electron chi connectivity index (χ2n) is 8.61. The van der Waals surface area contributed by atoms with Crippen molar-refractivity contribution in [2.24, 2.45) is 0 Å². The fourth-order valence-corrected chi connectivity index (χ4v) is 5.10. The Morgan fingerprint density at radius 3 is 2.46 bits per heavy atom. The van der Waals surface area contributed by atoms with Crippen LogP contribution in [0.2, 0.25) is 0 Å². The maximum absolute atomic E-state index is 13.5. The highest BCUT2D eigenvalue weighted by molar-refractivity contribution is 7.17. The van der Waals surface area contributed by atoms with E-state index < -0.39 is 5.66 Å². The summed E-state index contributed by atoms with van der Waals surface area (Å²) in [6.07, 6.45) is 12.0. The number of carbonyl (C=O) groups excluding carboxylic acids is 2. The number of allylic oxidation sites excluding steroid dienone is 5. The average molecular weight is 545 g/mol. The van der Waals surface area contributed by atoms with E-state index in [9.17, 15) is 18.4 Å². The van der Waals surface area contributed by atoms with Gasteiger partial charge in [0, 0.05) is 40.3 Å². The lowest BCUT2D eigenvalue weighted by Crippen LogP contribution is -2.20. The Kier molecular flexibility index (Phi) is 11.1. The fraction of sp³-hybridized carbons (Fsp3) is 0.310. The Morgan fingerprint density at radius 2 is 1.92 bits per heavy atom.